The quantitative estimate of drug-likeness (QED) is 0.416. The molecule has 0 aliphatic carbocycles. The number of non-ortho nitro benzene ring substituents is 1. The summed E-state index contributed by atoms with van der Waals surface area (Å²) in [5, 5.41) is 23.9. The second kappa shape index (κ2) is 8.77. The molecule has 12 heteroatoms. The van der Waals surface area contributed by atoms with Crippen LogP contribution in [0.15, 0.2) is 36.4 Å². The minimum atomic E-state index is -1.02. The predicted octanol–water partition coefficient (Wildman–Crippen LogP) is 2.96. The van der Waals surface area contributed by atoms with Gasteiger partial charge in [-0.1, -0.05) is 11.6 Å². The van der Waals surface area contributed by atoms with Gasteiger partial charge in [0.25, 0.3) is 17.3 Å². The molecule has 0 saturated heterocycles. The van der Waals surface area contributed by atoms with Crippen LogP contribution in [0.2, 0.25) is 5.02 Å². The number of anilines is 1. The average Bonchev–Trinajstić information content (AvgIpc) is 2.66. The Bertz CT molecular complexity index is 963. The minimum absolute atomic E-state index is 0.0318. The second-order valence-electron chi connectivity index (χ2n) is 5.19. The average molecular weight is 410 g/mol. The summed E-state index contributed by atoms with van der Waals surface area (Å²) < 4.78 is 9.78. The van der Waals surface area contributed by atoms with E-state index >= 15 is 0 Å². The number of methoxy groups -OCH3 is 1. The molecule has 2 aromatic carbocycles. The van der Waals surface area contributed by atoms with E-state index in [0.29, 0.717) is 0 Å². The minimum Gasteiger partial charge on any atom is -0.496 e. The summed E-state index contributed by atoms with van der Waals surface area (Å²) in [4.78, 5) is 44.3. The smallest absolute Gasteiger partial charge is 0.342 e. The highest BCUT2D eigenvalue weighted by Crippen LogP contribution is 2.27. The molecule has 0 spiro atoms. The van der Waals surface area contributed by atoms with Crippen molar-refractivity contribution in [2.24, 2.45) is 0 Å². The first kappa shape index (κ1) is 20.6. The van der Waals surface area contributed by atoms with Crippen molar-refractivity contribution < 1.29 is 28.9 Å². The van der Waals surface area contributed by atoms with Crippen molar-refractivity contribution in [3.8, 4) is 5.75 Å². The van der Waals surface area contributed by atoms with Crippen molar-refractivity contribution in [2.45, 2.75) is 0 Å². The molecule has 0 unspecified atom stereocenters. The molecule has 2 rings (SSSR count). The van der Waals surface area contributed by atoms with Crippen molar-refractivity contribution in [1.82, 2.24) is 0 Å². The number of nitrogens with one attached hydrogen (secondary N) is 1. The van der Waals surface area contributed by atoms with Crippen LogP contribution in [-0.2, 0) is 9.53 Å². The maximum atomic E-state index is 12.1. The first-order valence-corrected chi connectivity index (χ1v) is 7.84. The van der Waals surface area contributed by atoms with Gasteiger partial charge in [-0.3, -0.25) is 25.0 Å². The monoisotopic (exact) mass is 409 g/mol. The second-order valence-corrected chi connectivity index (χ2v) is 5.60. The molecule has 1 amide bonds. The molecule has 0 fully saturated rings. The fraction of sp³-hybridized carbons (Fsp3) is 0.125. The lowest BCUT2D eigenvalue weighted by Gasteiger charge is -2.09. The number of nitro benzene ring substituents is 2. The zero-order valence-electron chi connectivity index (χ0n) is 14.2. The number of hydrogen-bond donors (Lipinski definition) is 1. The third kappa shape index (κ3) is 4.92. The first-order valence-electron chi connectivity index (χ1n) is 7.46. The zero-order valence-corrected chi connectivity index (χ0v) is 15.0. The van der Waals surface area contributed by atoms with Gasteiger partial charge in [-0.2, -0.15) is 0 Å². The molecular formula is C16H12ClN3O8. The van der Waals surface area contributed by atoms with Gasteiger partial charge in [0, 0.05) is 23.9 Å². The van der Waals surface area contributed by atoms with Crippen LogP contribution in [0, 0.1) is 20.2 Å². The Balaban J connectivity index is 2.06. The van der Waals surface area contributed by atoms with E-state index in [1.807, 2.05) is 0 Å². The third-order valence-corrected chi connectivity index (χ3v) is 3.69. The van der Waals surface area contributed by atoms with Crippen molar-refractivity contribution in [3.63, 3.8) is 0 Å². The van der Waals surface area contributed by atoms with Crippen LogP contribution in [0.1, 0.15) is 10.4 Å². The van der Waals surface area contributed by atoms with Gasteiger partial charge in [0.1, 0.15) is 16.3 Å². The zero-order chi connectivity index (χ0) is 20.8. The van der Waals surface area contributed by atoms with Crippen LogP contribution >= 0.6 is 11.6 Å². The number of amides is 1. The number of nitro groups is 2. The Morgan fingerprint density at radius 1 is 1.11 bits per heavy atom. The van der Waals surface area contributed by atoms with E-state index in [1.165, 1.54) is 25.3 Å². The van der Waals surface area contributed by atoms with Crippen molar-refractivity contribution in [1.29, 1.82) is 0 Å². The summed E-state index contributed by atoms with van der Waals surface area (Å²) in [7, 11) is 1.26. The molecule has 0 saturated carbocycles. The van der Waals surface area contributed by atoms with Crippen molar-refractivity contribution in [3.05, 3.63) is 67.2 Å². The van der Waals surface area contributed by atoms with Crippen LogP contribution in [0.4, 0.5) is 17.1 Å². The molecule has 0 radical (unpaired) electrons. The number of carbonyl (C=O) groups excluding carboxylic acids is 2. The highest BCUT2D eigenvalue weighted by atomic mass is 35.5. The van der Waals surface area contributed by atoms with Gasteiger partial charge >= 0.3 is 5.97 Å². The highest BCUT2D eigenvalue weighted by molar-refractivity contribution is 6.32. The molecule has 11 nitrogen and oxygen atoms in total. The lowest BCUT2D eigenvalue weighted by atomic mass is 10.2. The molecule has 1 N–H and O–H groups in total. The number of esters is 1. The van der Waals surface area contributed by atoms with Crippen LogP contribution in [0.3, 0.4) is 0 Å². The van der Waals surface area contributed by atoms with Gasteiger partial charge in [-0.05, 0) is 18.2 Å². The van der Waals surface area contributed by atoms with E-state index in [2.05, 4.69) is 5.32 Å². The Morgan fingerprint density at radius 2 is 1.82 bits per heavy atom. The summed E-state index contributed by atoms with van der Waals surface area (Å²) in [6.07, 6.45) is 0. The number of halogens is 1. The lowest BCUT2D eigenvalue weighted by Crippen LogP contribution is -2.21. The van der Waals surface area contributed by atoms with E-state index in [1.54, 1.807) is 0 Å². The summed E-state index contributed by atoms with van der Waals surface area (Å²) in [6.45, 7) is -0.735. The number of nitrogens with zero attached hydrogens (tertiary/aromatic N) is 2. The highest BCUT2D eigenvalue weighted by Gasteiger charge is 2.20. The Kier molecular flexibility index (Phi) is 6.45. The molecule has 0 bridgehead atoms. The predicted molar refractivity (Wildman–Crippen MR) is 96.7 cm³/mol. The van der Waals surface area contributed by atoms with E-state index in [-0.39, 0.29) is 27.7 Å². The first-order chi connectivity index (χ1) is 13.2. The fourth-order valence-electron chi connectivity index (χ4n) is 2.11. The van der Waals surface area contributed by atoms with Gasteiger partial charge in [0.15, 0.2) is 6.61 Å². The topological polar surface area (TPSA) is 151 Å². The van der Waals surface area contributed by atoms with Gasteiger partial charge in [0.05, 0.1) is 17.0 Å². The van der Waals surface area contributed by atoms with E-state index < -0.39 is 34.0 Å². The summed E-state index contributed by atoms with van der Waals surface area (Å²) in [5.74, 6) is -1.77. The molecule has 28 heavy (non-hydrogen) atoms. The van der Waals surface area contributed by atoms with Crippen LogP contribution in [-0.4, -0.2) is 35.4 Å². The molecule has 0 heterocycles. The number of carbonyl (C=O) groups is 2. The van der Waals surface area contributed by atoms with Gasteiger partial charge in [0.2, 0.25) is 0 Å². The Labute approximate surface area is 162 Å². The van der Waals surface area contributed by atoms with Crippen molar-refractivity contribution in [2.75, 3.05) is 19.0 Å². The molecule has 2 aromatic rings. The largest absolute Gasteiger partial charge is 0.496 e. The van der Waals surface area contributed by atoms with Crippen LogP contribution in [0.5, 0.6) is 5.75 Å². The van der Waals surface area contributed by atoms with Crippen LogP contribution in [0.25, 0.3) is 0 Å². The van der Waals surface area contributed by atoms with E-state index in [9.17, 15) is 29.8 Å². The summed E-state index contributed by atoms with van der Waals surface area (Å²) >= 11 is 5.68. The molecule has 0 aliphatic rings. The molecular weight excluding hydrogens is 398 g/mol. The summed E-state index contributed by atoms with van der Waals surface area (Å²) in [5.41, 5.74) is -0.917. The number of benzene rings is 2. The maximum absolute atomic E-state index is 12.1. The van der Waals surface area contributed by atoms with Crippen LogP contribution < -0.4 is 10.1 Å². The Morgan fingerprint density at radius 3 is 2.43 bits per heavy atom. The maximum Gasteiger partial charge on any atom is 0.342 e. The van der Waals surface area contributed by atoms with Gasteiger partial charge in [-0.15, -0.1) is 0 Å². The molecule has 0 aromatic heterocycles. The SMILES string of the molecule is COc1ccc([N+](=O)[O-])cc1C(=O)OCC(=O)Nc1ccc(Cl)c([N+](=O)[O-])c1. The number of ether oxygens (including phenoxy) is 2. The van der Waals surface area contributed by atoms with Gasteiger partial charge in [-0.25, -0.2) is 4.79 Å². The standard InChI is InChI=1S/C16H12ClN3O8/c1-27-14-5-3-10(19(23)24)7-11(14)16(22)28-8-15(21)18-9-2-4-12(17)13(6-9)20(25)26/h2-7H,8H2,1H3,(H,18,21). The molecule has 146 valence electrons. The van der Waals surface area contributed by atoms with Crippen molar-refractivity contribution >= 4 is 40.5 Å². The number of rotatable bonds is 7. The normalized spacial score (nSPS) is 10.1. The van der Waals surface area contributed by atoms with E-state index in [0.717, 1.165) is 18.2 Å². The summed E-state index contributed by atoms with van der Waals surface area (Å²) in [6, 6.07) is 6.94. The Hall–Kier alpha value is -3.73. The number of hydrogen-bond acceptors (Lipinski definition) is 8. The lowest BCUT2D eigenvalue weighted by molar-refractivity contribution is -0.385. The van der Waals surface area contributed by atoms with E-state index in [4.69, 9.17) is 21.1 Å². The fourth-order valence-corrected chi connectivity index (χ4v) is 2.29. The van der Waals surface area contributed by atoms with Gasteiger partial charge < -0.3 is 14.8 Å². The molecule has 0 aliphatic heterocycles. The third-order valence-electron chi connectivity index (χ3n) is 3.37. The molecule has 0 atom stereocenters.